The van der Waals surface area contributed by atoms with Gasteiger partial charge in [0.15, 0.2) is 0 Å². The molecule has 3 heterocycles. The first kappa shape index (κ1) is 18.0. The number of piperazine rings is 1. The number of halogens is 1. The van der Waals surface area contributed by atoms with Gasteiger partial charge in [-0.1, -0.05) is 6.07 Å². The first-order valence-corrected chi connectivity index (χ1v) is 9.67. The molecule has 144 valence electrons. The van der Waals surface area contributed by atoms with Gasteiger partial charge >= 0.3 is 0 Å². The van der Waals surface area contributed by atoms with Gasteiger partial charge in [-0.2, -0.15) is 0 Å². The summed E-state index contributed by atoms with van der Waals surface area (Å²) in [6, 6.07) is 8.67. The van der Waals surface area contributed by atoms with Gasteiger partial charge in [0.2, 0.25) is 0 Å². The molecule has 2 N–H and O–H groups in total. The van der Waals surface area contributed by atoms with Crippen molar-refractivity contribution >= 4 is 17.3 Å². The van der Waals surface area contributed by atoms with Crippen LogP contribution in [0.3, 0.4) is 0 Å². The molecule has 2 fully saturated rings. The lowest BCUT2D eigenvalue weighted by molar-refractivity contribution is 0.312. The molecule has 1 atom stereocenters. The van der Waals surface area contributed by atoms with E-state index in [4.69, 9.17) is 10.7 Å². The lowest BCUT2D eigenvalue weighted by Gasteiger charge is -2.35. The summed E-state index contributed by atoms with van der Waals surface area (Å²) in [5.41, 5.74) is 7.03. The van der Waals surface area contributed by atoms with Gasteiger partial charge in [-0.25, -0.2) is 14.4 Å². The fourth-order valence-electron chi connectivity index (χ4n) is 3.95. The van der Waals surface area contributed by atoms with Crippen LogP contribution in [0.5, 0.6) is 0 Å². The highest BCUT2D eigenvalue weighted by Gasteiger charge is 2.26. The SMILES string of the molecule is CN1CCN(c2cc(N)nc(C3CCCN(c4cccc(F)c4)C3)n2)CC1. The van der Waals surface area contributed by atoms with E-state index in [-0.39, 0.29) is 11.7 Å². The molecule has 6 nitrogen and oxygen atoms in total. The molecule has 2 saturated heterocycles. The number of hydrogen-bond donors (Lipinski definition) is 1. The van der Waals surface area contributed by atoms with Gasteiger partial charge < -0.3 is 20.4 Å². The monoisotopic (exact) mass is 370 g/mol. The quantitative estimate of drug-likeness (QED) is 0.895. The number of rotatable bonds is 3. The fourth-order valence-corrected chi connectivity index (χ4v) is 3.95. The second-order valence-electron chi connectivity index (χ2n) is 7.56. The van der Waals surface area contributed by atoms with E-state index in [1.165, 1.54) is 6.07 Å². The molecule has 2 aliphatic heterocycles. The van der Waals surface area contributed by atoms with Crippen LogP contribution >= 0.6 is 0 Å². The Labute approximate surface area is 159 Å². The Kier molecular flexibility index (Phi) is 5.11. The lowest BCUT2D eigenvalue weighted by atomic mass is 9.96. The first-order valence-electron chi connectivity index (χ1n) is 9.67. The smallest absolute Gasteiger partial charge is 0.137 e. The third-order valence-electron chi connectivity index (χ3n) is 5.54. The number of anilines is 3. The van der Waals surface area contributed by atoms with Crippen molar-refractivity contribution < 1.29 is 4.39 Å². The highest BCUT2D eigenvalue weighted by atomic mass is 19.1. The van der Waals surface area contributed by atoms with Crippen LogP contribution in [0.1, 0.15) is 24.6 Å². The maximum Gasteiger partial charge on any atom is 0.137 e. The van der Waals surface area contributed by atoms with Gasteiger partial charge in [-0.3, -0.25) is 0 Å². The van der Waals surface area contributed by atoms with Crippen LogP contribution in [0.15, 0.2) is 30.3 Å². The summed E-state index contributed by atoms with van der Waals surface area (Å²) in [6.45, 7) is 5.66. The molecular weight excluding hydrogens is 343 g/mol. The maximum atomic E-state index is 13.6. The van der Waals surface area contributed by atoms with E-state index in [1.807, 2.05) is 12.1 Å². The molecule has 0 amide bonds. The predicted molar refractivity (Wildman–Crippen MR) is 107 cm³/mol. The Morgan fingerprint density at radius 2 is 1.85 bits per heavy atom. The van der Waals surface area contributed by atoms with Crippen molar-refractivity contribution in [1.82, 2.24) is 14.9 Å². The zero-order valence-electron chi connectivity index (χ0n) is 15.8. The van der Waals surface area contributed by atoms with Gasteiger partial charge in [-0.05, 0) is 38.1 Å². The Morgan fingerprint density at radius 1 is 1.04 bits per heavy atom. The summed E-state index contributed by atoms with van der Waals surface area (Å²) in [6.07, 6.45) is 2.06. The van der Waals surface area contributed by atoms with E-state index in [9.17, 15) is 4.39 Å². The average molecular weight is 370 g/mol. The summed E-state index contributed by atoms with van der Waals surface area (Å²) in [5.74, 6) is 2.26. The minimum Gasteiger partial charge on any atom is -0.384 e. The average Bonchev–Trinajstić information content (AvgIpc) is 2.68. The molecule has 1 unspecified atom stereocenters. The Bertz CT molecular complexity index is 790. The Morgan fingerprint density at radius 3 is 2.63 bits per heavy atom. The van der Waals surface area contributed by atoms with Gasteiger partial charge in [0.25, 0.3) is 0 Å². The molecule has 2 aromatic rings. The third kappa shape index (κ3) is 4.13. The number of likely N-dealkylation sites (N-methyl/N-ethyl adjacent to an activating group) is 1. The van der Waals surface area contributed by atoms with Crippen molar-refractivity contribution in [3.63, 3.8) is 0 Å². The number of piperidine rings is 1. The van der Waals surface area contributed by atoms with Crippen molar-refractivity contribution in [1.29, 1.82) is 0 Å². The summed E-state index contributed by atoms with van der Waals surface area (Å²) in [7, 11) is 2.14. The molecule has 0 bridgehead atoms. The Balaban J connectivity index is 1.53. The molecule has 2 aliphatic rings. The molecule has 0 aliphatic carbocycles. The van der Waals surface area contributed by atoms with Crippen LogP contribution in [0.25, 0.3) is 0 Å². The van der Waals surface area contributed by atoms with Gasteiger partial charge in [0.1, 0.15) is 23.3 Å². The lowest BCUT2D eigenvalue weighted by Crippen LogP contribution is -2.45. The van der Waals surface area contributed by atoms with Crippen molar-refractivity contribution in [2.45, 2.75) is 18.8 Å². The second-order valence-corrected chi connectivity index (χ2v) is 7.56. The van der Waals surface area contributed by atoms with Crippen LogP contribution in [0.2, 0.25) is 0 Å². The van der Waals surface area contributed by atoms with Crippen LogP contribution in [0, 0.1) is 5.82 Å². The van der Waals surface area contributed by atoms with E-state index in [0.29, 0.717) is 5.82 Å². The third-order valence-corrected chi connectivity index (χ3v) is 5.54. The highest BCUT2D eigenvalue weighted by molar-refractivity contribution is 5.49. The van der Waals surface area contributed by atoms with Gasteiger partial charge in [0, 0.05) is 56.9 Å². The molecule has 1 aromatic heterocycles. The molecular formula is C20H27FN6. The number of nitrogens with zero attached hydrogens (tertiary/aromatic N) is 5. The number of aromatic nitrogens is 2. The van der Waals surface area contributed by atoms with E-state index < -0.39 is 0 Å². The van der Waals surface area contributed by atoms with Crippen molar-refractivity contribution in [3.8, 4) is 0 Å². The van der Waals surface area contributed by atoms with Crippen molar-refractivity contribution in [2.75, 3.05) is 61.8 Å². The van der Waals surface area contributed by atoms with Crippen LogP contribution in [-0.2, 0) is 0 Å². The molecule has 4 rings (SSSR count). The minimum absolute atomic E-state index is 0.202. The summed E-state index contributed by atoms with van der Waals surface area (Å²) in [4.78, 5) is 16.2. The zero-order chi connectivity index (χ0) is 18.8. The van der Waals surface area contributed by atoms with E-state index in [1.54, 1.807) is 12.1 Å². The minimum atomic E-state index is -0.202. The number of nitrogens with two attached hydrogens (primary N) is 1. The summed E-state index contributed by atoms with van der Waals surface area (Å²) >= 11 is 0. The molecule has 0 radical (unpaired) electrons. The second kappa shape index (κ2) is 7.68. The number of benzene rings is 1. The van der Waals surface area contributed by atoms with Gasteiger partial charge in [0.05, 0.1) is 0 Å². The highest BCUT2D eigenvalue weighted by Crippen LogP contribution is 2.30. The first-order chi connectivity index (χ1) is 13.1. The molecule has 0 saturated carbocycles. The van der Waals surface area contributed by atoms with Gasteiger partial charge in [-0.15, -0.1) is 0 Å². The van der Waals surface area contributed by atoms with Crippen molar-refractivity contribution in [2.24, 2.45) is 0 Å². The summed E-state index contributed by atoms with van der Waals surface area (Å²) in [5, 5.41) is 0. The largest absolute Gasteiger partial charge is 0.384 e. The number of hydrogen-bond acceptors (Lipinski definition) is 6. The predicted octanol–water partition coefficient (Wildman–Crippen LogP) is 2.33. The van der Waals surface area contributed by atoms with Crippen molar-refractivity contribution in [3.05, 3.63) is 42.0 Å². The molecule has 0 spiro atoms. The molecule has 27 heavy (non-hydrogen) atoms. The number of nitrogen functional groups attached to an aromatic ring is 1. The normalized spacial score (nSPS) is 21.5. The molecule has 7 heteroatoms. The fraction of sp³-hybridized carbons (Fsp3) is 0.500. The van der Waals surface area contributed by atoms with Crippen LogP contribution < -0.4 is 15.5 Å². The molecule has 1 aromatic carbocycles. The zero-order valence-corrected chi connectivity index (χ0v) is 15.8. The topological polar surface area (TPSA) is 61.5 Å². The standard InChI is InChI=1S/C20H27FN6/c1-25-8-10-26(11-9-25)19-13-18(22)23-20(24-19)15-4-3-7-27(14-15)17-6-2-5-16(21)12-17/h2,5-6,12-13,15H,3-4,7-11,14H2,1H3,(H2,22,23,24). The Hall–Kier alpha value is -2.41. The van der Waals surface area contributed by atoms with E-state index in [2.05, 4.69) is 26.7 Å². The maximum absolute atomic E-state index is 13.6. The van der Waals surface area contributed by atoms with Crippen LogP contribution in [0.4, 0.5) is 21.7 Å². The van der Waals surface area contributed by atoms with Crippen LogP contribution in [-0.4, -0.2) is 61.2 Å². The van der Waals surface area contributed by atoms with E-state index in [0.717, 1.165) is 69.4 Å². The summed E-state index contributed by atoms with van der Waals surface area (Å²) < 4.78 is 13.6. The van der Waals surface area contributed by atoms with E-state index >= 15 is 0 Å².